The van der Waals surface area contributed by atoms with Crippen LogP contribution in [0.5, 0.6) is 11.5 Å². The molecule has 7 nitrogen and oxygen atoms in total. The molecule has 24 heavy (non-hydrogen) atoms. The summed E-state index contributed by atoms with van der Waals surface area (Å²) in [5.41, 5.74) is 2.19. The van der Waals surface area contributed by atoms with E-state index in [-0.39, 0.29) is 0 Å². The third kappa shape index (κ3) is 3.24. The first kappa shape index (κ1) is 15.7. The van der Waals surface area contributed by atoms with Crippen LogP contribution in [0.2, 0.25) is 0 Å². The molecule has 0 radical (unpaired) electrons. The van der Waals surface area contributed by atoms with Crippen molar-refractivity contribution in [3.8, 4) is 22.9 Å². The predicted molar refractivity (Wildman–Crippen MR) is 87.3 cm³/mol. The smallest absolute Gasteiger partial charge is 0.205 e. The molecule has 0 aliphatic heterocycles. The Kier molecular flexibility index (Phi) is 4.51. The van der Waals surface area contributed by atoms with Gasteiger partial charge in [0.2, 0.25) is 5.82 Å². The highest BCUT2D eigenvalue weighted by atomic mass is 16.5. The summed E-state index contributed by atoms with van der Waals surface area (Å²) in [7, 11) is 3.19. The average Bonchev–Trinajstić information content (AvgIpc) is 3.10. The average molecular weight is 324 g/mol. The first-order valence-electron chi connectivity index (χ1n) is 7.28. The minimum Gasteiger partial charge on any atom is -0.497 e. The van der Waals surface area contributed by atoms with Crippen LogP contribution in [-0.2, 0) is 6.54 Å². The van der Waals surface area contributed by atoms with E-state index in [1.165, 1.54) is 4.80 Å². The zero-order chi connectivity index (χ0) is 16.9. The van der Waals surface area contributed by atoms with Crippen LogP contribution >= 0.6 is 0 Å². The molecule has 0 fully saturated rings. The molecule has 3 rings (SSSR count). The fourth-order valence-corrected chi connectivity index (χ4v) is 2.34. The number of rotatable bonds is 6. The quantitative estimate of drug-likeness (QED) is 0.647. The highest BCUT2D eigenvalue weighted by Crippen LogP contribution is 2.22. The van der Waals surface area contributed by atoms with Gasteiger partial charge < -0.3 is 9.47 Å². The van der Waals surface area contributed by atoms with Gasteiger partial charge in [-0.05, 0) is 35.5 Å². The third-order valence-corrected chi connectivity index (χ3v) is 3.53. The SMILES string of the molecule is COc1cccc(-c2nnn(Cc3cc(C=O)ccc3OC)n2)c1. The minimum atomic E-state index is 0.349. The van der Waals surface area contributed by atoms with Crippen molar-refractivity contribution in [1.82, 2.24) is 20.2 Å². The van der Waals surface area contributed by atoms with Crippen LogP contribution in [0.1, 0.15) is 15.9 Å². The summed E-state index contributed by atoms with van der Waals surface area (Å²) in [6.07, 6.45) is 0.791. The van der Waals surface area contributed by atoms with Gasteiger partial charge in [-0.15, -0.1) is 10.2 Å². The molecule has 0 atom stereocenters. The fraction of sp³-hybridized carbons (Fsp3) is 0.176. The maximum atomic E-state index is 11.0. The molecule has 1 heterocycles. The monoisotopic (exact) mass is 324 g/mol. The molecule has 0 unspecified atom stereocenters. The van der Waals surface area contributed by atoms with Gasteiger partial charge in [0.25, 0.3) is 0 Å². The molecule has 7 heteroatoms. The van der Waals surface area contributed by atoms with Gasteiger partial charge in [-0.1, -0.05) is 12.1 Å². The molecule has 0 saturated carbocycles. The molecule has 122 valence electrons. The van der Waals surface area contributed by atoms with Gasteiger partial charge in [0.1, 0.15) is 17.8 Å². The van der Waals surface area contributed by atoms with Gasteiger partial charge in [-0.25, -0.2) is 0 Å². The van der Waals surface area contributed by atoms with E-state index in [0.29, 0.717) is 23.7 Å². The zero-order valence-electron chi connectivity index (χ0n) is 13.3. The van der Waals surface area contributed by atoms with E-state index >= 15 is 0 Å². The Hall–Kier alpha value is -3.22. The second-order valence-electron chi connectivity index (χ2n) is 5.06. The van der Waals surface area contributed by atoms with Crippen LogP contribution in [-0.4, -0.2) is 40.7 Å². The number of carbonyl (C=O) groups excluding carboxylic acids is 1. The number of hydrogen-bond acceptors (Lipinski definition) is 6. The van der Waals surface area contributed by atoms with E-state index in [1.807, 2.05) is 24.3 Å². The number of methoxy groups -OCH3 is 2. The molecule has 3 aromatic rings. The summed E-state index contributed by atoms with van der Waals surface area (Å²) >= 11 is 0. The molecule has 0 saturated heterocycles. The van der Waals surface area contributed by atoms with Crippen molar-refractivity contribution in [2.45, 2.75) is 6.54 Å². The van der Waals surface area contributed by atoms with Gasteiger partial charge >= 0.3 is 0 Å². The minimum absolute atomic E-state index is 0.349. The highest BCUT2D eigenvalue weighted by Gasteiger charge is 2.10. The first-order chi connectivity index (χ1) is 11.7. The Bertz CT molecular complexity index is 861. The topological polar surface area (TPSA) is 79.1 Å². The number of nitrogens with zero attached hydrogens (tertiary/aromatic N) is 4. The van der Waals surface area contributed by atoms with Crippen molar-refractivity contribution in [1.29, 1.82) is 0 Å². The van der Waals surface area contributed by atoms with Crippen molar-refractivity contribution >= 4 is 6.29 Å². The Morgan fingerprint density at radius 1 is 1.12 bits per heavy atom. The standard InChI is InChI=1S/C17H16N4O3/c1-23-15-5-3-4-13(9-15)17-18-20-21(19-17)10-14-8-12(11-22)6-7-16(14)24-2/h3-9,11H,10H2,1-2H3. The second-order valence-corrected chi connectivity index (χ2v) is 5.06. The van der Waals surface area contributed by atoms with Crippen LogP contribution in [0.25, 0.3) is 11.4 Å². The highest BCUT2D eigenvalue weighted by molar-refractivity contribution is 5.75. The predicted octanol–water partition coefficient (Wildman–Crippen LogP) is 2.22. The van der Waals surface area contributed by atoms with E-state index < -0.39 is 0 Å². The second kappa shape index (κ2) is 6.91. The molecule has 1 aromatic heterocycles. The lowest BCUT2D eigenvalue weighted by Crippen LogP contribution is -2.06. The van der Waals surface area contributed by atoms with Gasteiger partial charge in [-0.2, -0.15) is 4.80 Å². The maximum Gasteiger partial charge on any atom is 0.205 e. The number of tetrazole rings is 1. The summed E-state index contributed by atoms with van der Waals surface area (Å²) in [6, 6.07) is 12.6. The van der Waals surface area contributed by atoms with E-state index in [9.17, 15) is 4.79 Å². The van der Waals surface area contributed by atoms with Gasteiger partial charge in [0, 0.05) is 16.7 Å². The number of aromatic nitrogens is 4. The normalized spacial score (nSPS) is 10.4. The van der Waals surface area contributed by atoms with Crippen molar-refractivity contribution in [2.24, 2.45) is 0 Å². The van der Waals surface area contributed by atoms with Gasteiger partial charge in [-0.3, -0.25) is 4.79 Å². The number of aldehydes is 1. The Morgan fingerprint density at radius 2 is 2.00 bits per heavy atom. The van der Waals surface area contributed by atoms with Gasteiger partial charge in [0.05, 0.1) is 20.8 Å². The van der Waals surface area contributed by atoms with Crippen molar-refractivity contribution in [3.63, 3.8) is 0 Å². The summed E-state index contributed by atoms with van der Waals surface area (Å²) in [4.78, 5) is 12.4. The molecular formula is C17H16N4O3. The number of ether oxygens (including phenoxy) is 2. The Labute approximate surface area is 138 Å². The van der Waals surface area contributed by atoms with E-state index in [4.69, 9.17) is 9.47 Å². The van der Waals surface area contributed by atoms with E-state index in [2.05, 4.69) is 15.4 Å². The molecule has 2 aromatic carbocycles. The number of benzene rings is 2. The number of carbonyl (C=O) groups is 1. The molecule has 0 amide bonds. The molecular weight excluding hydrogens is 308 g/mol. The molecule has 0 spiro atoms. The van der Waals surface area contributed by atoms with E-state index in [0.717, 1.165) is 23.2 Å². The van der Waals surface area contributed by atoms with Crippen LogP contribution in [0.15, 0.2) is 42.5 Å². The molecule has 0 aliphatic rings. The van der Waals surface area contributed by atoms with E-state index in [1.54, 1.807) is 32.4 Å². The Morgan fingerprint density at radius 3 is 2.75 bits per heavy atom. The zero-order valence-corrected chi connectivity index (χ0v) is 13.3. The van der Waals surface area contributed by atoms with Crippen molar-refractivity contribution < 1.29 is 14.3 Å². The maximum absolute atomic E-state index is 11.0. The summed E-state index contributed by atoms with van der Waals surface area (Å²) in [5.74, 6) is 1.89. The van der Waals surface area contributed by atoms with Crippen molar-refractivity contribution in [2.75, 3.05) is 14.2 Å². The van der Waals surface area contributed by atoms with Gasteiger partial charge in [0.15, 0.2) is 0 Å². The lowest BCUT2D eigenvalue weighted by atomic mass is 10.1. The van der Waals surface area contributed by atoms with Crippen LogP contribution in [0.4, 0.5) is 0 Å². The van der Waals surface area contributed by atoms with Crippen LogP contribution in [0, 0.1) is 0 Å². The molecule has 0 N–H and O–H groups in total. The first-order valence-corrected chi connectivity index (χ1v) is 7.28. The lowest BCUT2D eigenvalue weighted by molar-refractivity contribution is 0.112. The molecule has 0 aliphatic carbocycles. The summed E-state index contributed by atoms with van der Waals surface area (Å²) in [6.45, 7) is 0.349. The van der Waals surface area contributed by atoms with Crippen LogP contribution < -0.4 is 9.47 Å². The summed E-state index contributed by atoms with van der Waals surface area (Å²) in [5, 5.41) is 12.5. The molecule has 0 bridgehead atoms. The fourth-order valence-electron chi connectivity index (χ4n) is 2.34. The lowest BCUT2D eigenvalue weighted by Gasteiger charge is -2.08. The third-order valence-electron chi connectivity index (χ3n) is 3.53. The number of hydrogen-bond donors (Lipinski definition) is 0. The van der Waals surface area contributed by atoms with Crippen molar-refractivity contribution in [3.05, 3.63) is 53.6 Å². The van der Waals surface area contributed by atoms with Crippen LogP contribution in [0.3, 0.4) is 0 Å². The summed E-state index contributed by atoms with van der Waals surface area (Å²) < 4.78 is 10.5. The largest absolute Gasteiger partial charge is 0.497 e. The Balaban J connectivity index is 1.87.